The van der Waals surface area contributed by atoms with Crippen molar-refractivity contribution in [1.82, 2.24) is 0 Å². The SMILES string of the molecule is c1ccc(-c2ccc(-c3cccc(N(c4ccc5c(ccc6ccc7c8ccccc8sc7c65)c4)c4cccc5ccccc45)c3)cc2)cc1.c1ccc(-c2cccc(-c3ccc(N(c4ccc5c(ccc6ccc7c8ccccc8sc7c65)c4)c4cccc5ccccc45)cc3)c2)cc1.c1ccc(-c2cccc(N(c3ccc4c(ccc5ccc6c7ccccc7sc6c54)c3)c3cccc4ccccc34)c2)cc1. The van der Waals surface area contributed by atoms with Gasteiger partial charge in [-0.2, -0.15) is 0 Å². The Kier molecular flexibility index (Phi) is 21.6. The van der Waals surface area contributed by atoms with Crippen LogP contribution in [0.1, 0.15) is 0 Å². The third-order valence-electron chi connectivity index (χ3n) is 28.8. The highest BCUT2D eigenvalue weighted by Gasteiger charge is 2.25. The van der Waals surface area contributed by atoms with Gasteiger partial charge in [-0.3, -0.25) is 0 Å². The molecule has 0 amide bonds. The van der Waals surface area contributed by atoms with Gasteiger partial charge in [0.25, 0.3) is 0 Å². The van der Waals surface area contributed by atoms with Gasteiger partial charge in [0.15, 0.2) is 0 Å². The summed E-state index contributed by atoms with van der Waals surface area (Å²) in [6.45, 7) is 0. The van der Waals surface area contributed by atoms with E-state index in [1.54, 1.807) is 0 Å². The predicted octanol–water partition coefficient (Wildman–Crippen LogP) is 41.3. The summed E-state index contributed by atoms with van der Waals surface area (Å²) in [4.78, 5) is 7.25. The molecule has 0 aliphatic heterocycles. The van der Waals surface area contributed by atoms with Gasteiger partial charge in [0.05, 0.1) is 17.1 Å². The summed E-state index contributed by atoms with van der Waals surface area (Å²) in [6.07, 6.45) is 0. The zero-order valence-electron chi connectivity index (χ0n) is 78.5. The van der Waals surface area contributed by atoms with E-state index in [-0.39, 0.29) is 0 Å². The Bertz CT molecular complexity index is 10000. The molecule has 3 aromatic heterocycles. The van der Waals surface area contributed by atoms with E-state index in [0.717, 1.165) is 45.5 Å². The van der Waals surface area contributed by atoms with Crippen molar-refractivity contribution in [2.45, 2.75) is 0 Å². The Labute approximate surface area is 846 Å². The maximum absolute atomic E-state index is 2.42. The van der Waals surface area contributed by atoms with Crippen LogP contribution in [0, 0.1) is 0 Å². The van der Waals surface area contributed by atoms with Crippen LogP contribution in [0.5, 0.6) is 0 Å². The summed E-state index contributed by atoms with van der Waals surface area (Å²) >= 11 is 5.70. The molecule has 0 atom stereocenters. The van der Waals surface area contributed by atoms with Crippen LogP contribution < -0.4 is 14.7 Å². The molecule has 0 saturated heterocycles. The van der Waals surface area contributed by atoms with E-state index in [2.05, 4.69) is 555 Å². The van der Waals surface area contributed by atoms with Gasteiger partial charge >= 0.3 is 0 Å². The number of rotatable bonds is 14. The second-order valence-electron chi connectivity index (χ2n) is 37.2. The first-order valence-corrected chi connectivity index (χ1v) is 51.6. The normalized spacial score (nSPS) is 11.6. The fourth-order valence-corrected chi connectivity index (χ4v) is 25.8. The summed E-state index contributed by atoms with van der Waals surface area (Å²) in [5.41, 5.74) is 22.4. The molecule has 29 aromatic rings. The monoisotopic (exact) mass is 1880 g/mol. The summed E-state index contributed by atoms with van der Waals surface area (Å²) in [5.74, 6) is 0. The zero-order chi connectivity index (χ0) is 95.1. The molecule has 6 heteroatoms. The van der Waals surface area contributed by atoms with Crippen LogP contribution in [0.3, 0.4) is 0 Å². The minimum absolute atomic E-state index is 1.12. The van der Waals surface area contributed by atoms with Gasteiger partial charge < -0.3 is 14.7 Å². The van der Waals surface area contributed by atoms with Gasteiger partial charge in [-0.25, -0.2) is 0 Å². The molecule has 26 aromatic carbocycles. The van der Waals surface area contributed by atoms with E-state index >= 15 is 0 Å². The minimum atomic E-state index is 1.12. The van der Waals surface area contributed by atoms with E-state index in [4.69, 9.17) is 0 Å². The van der Waals surface area contributed by atoms with Crippen LogP contribution in [0.15, 0.2) is 540 Å². The quantitative estimate of drug-likeness (QED) is 0.100. The Morgan fingerprint density at radius 2 is 0.347 bits per heavy atom. The third kappa shape index (κ3) is 15.4. The Morgan fingerprint density at radius 1 is 0.118 bits per heavy atom. The molecule has 0 bridgehead atoms. The third-order valence-corrected chi connectivity index (χ3v) is 32.5. The van der Waals surface area contributed by atoms with E-state index in [0.29, 0.717) is 0 Å². The van der Waals surface area contributed by atoms with Crippen molar-refractivity contribution in [3.05, 3.63) is 540 Å². The van der Waals surface area contributed by atoms with Gasteiger partial charge in [-0.15, -0.1) is 34.0 Å². The summed E-state index contributed by atoms with van der Waals surface area (Å²) in [6, 6.07) is 197. The van der Waals surface area contributed by atoms with E-state index in [9.17, 15) is 0 Å². The molecule has 0 N–H and O–H groups in total. The number of nitrogens with zero attached hydrogens (tertiary/aromatic N) is 3. The lowest BCUT2D eigenvalue weighted by molar-refractivity contribution is 1.30. The number of hydrogen-bond acceptors (Lipinski definition) is 6. The zero-order valence-corrected chi connectivity index (χ0v) is 80.9. The van der Waals surface area contributed by atoms with Crippen molar-refractivity contribution in [2.24, 2.45) is 0 Å². The van der Waals surface area contributed by atoms with Gasteiger partial charge in [0, 0.05) is 127 Å². The Hall–Kier alpha value is -17.9. The highest BCUT2D eigenvalue weighted by atomic mass is 32.1. The van der Waals surface area contributed by atoms with Crippen LogP contribution in [-0.4, -0.2) is 0 Å². The molecule has 0 fully saturated rings. The Morgan fingerprint density at radius 3 is 0.708 bits per heavy atom. The average molecular weight is 1890 g/mol. The van der Waals surface area contributed by atoms with Crippen LogP contribution in [0.4, 0.5) is 51.2 Å². The van der Waals surface area contributed by atoms with Crippen molar-refractivity contribution >= 4 is 243 Å². The number of benzene rings is 26. The molecule has 0 spiro atoms. The number of anilines is 9. The molecule has 674 valence electrons. The first kappa shape index (κ1) is 85.3. The lowest BCUT2D eigenvalue weighted by Gasteiger charge is -2.28. The maximum atomic E-state index is 2.42. The van der Waals surface area contributed by atoms with Crippen molar-refractivity contribution in [1.29, 1.82) is 0 Å². The van der Waals surface area contributed by atoms with Crippen LogP contribution in [-0.2, 0) is 0 Å². The predicted molar refractivity (Wildman–Crippen MR) is 627 cm³/mol. The lowest BCUT2D eigenvalue weighted by atomic mass is 9.98. The highest BCUT2D eigenvalue weighted by Crippen LogP contribution is 2.51. The molecular formula is C138H89N3S3. The Balaban J connectivity index is 0.000000108. The number of hydrogen-bond donors (Lipinski definition) is 0. The van der Waals surface area contributed by atoms with Gasteiger partial charge in [0.2, 0.25) is 0 Å². The molecule has 0 saturated carbocycles. The number of fused-ring (bicyclic) bond motifs is 24. The van der Waals surface area contributed by atoms with E-state index in [1.165, 1.54) is 219 Å². The second-order valence-corrected chi connectivity index (χ2v) is 40.4. The molecule has 0 radical (unpaired) electrons. The molecule has 0 aliphatic carbocycles. The minimum Gasteiger partial charge on any atom is -0.310 e. The lowest BCUT2D eigenvalue weighted by Crippen LogP contribution is -2.10. The highest BCUT2D eigenvalue weighted by molar-refractivity contribution is 7.27. The summed E-state index contributed by atoms with van der Waals surface area (Å²) < 4.78 is 8.09. The fraction of sp³-hybridized carbons (Fsp3) is 0. The molecule has 144 heavy (non-hydrogen) atoms. The smallest absolute Gasteiger partial charge is 0.0540 e. The molecule has 0 aliphatic rings. The van der Waals surface area contributed by atoms with Crippen LogP contribution in [0.2, 0.25) is 0 Å². The summed E-state index contributed by atoms with van der Waals surface area (Å²) in [7, 11) is 0. The number of thiophene rings is 3. The molecule has 3 nitrogen and oxygen atoms in total. The molecule has 0 unspecified atom stereocenters. The van der Waals surface area contributed by atoms with Gasteiger partial charge in [-0.05, 0) is 236 Å². The van der Waals surface area contributed by atoms with Crippen LogP contribution >= 0.6 is 34.0 Å². The first-order valence-electron chi connectivity index (χ1n) is 49.2. The van der Waals surface area contributed by atoms with E-state index < -0.39 is 0 Å². The van der Waals surface area contributed by atoms with Gasteiger partial charge in [-0.1, -0.05) is 425 Å². The largest absolute Gasteiger partial charge is 0.310 e. The first-order chi connectivity index (χ1) is 71.4. The van der Waals surface area contributed by atoms with Crippen molar-refractivity contribution in [2.75, 3.05) is 14.7 Å². The average Bonchev–Trinajstić information content (AvgIpc) is 1.53. The molecule has 3 heterocycles. The summed E-state index contributed by atoms with van der Waals surface area (Å²) in [5, 5.41) is 30.8. The van der Waals surface area contributed by atoms with Crippen molar-refractivity contribution < 1.29 is 0 Å². The van der Waals surface area contributed by atoms with Crippen molar-refractivity contribution in [3.63, 3.8) is 0 Å². The van der Waals surface area contributed by atoms with Crippen molar-refractivity contribution in [3.8, 4) is 55.6 Å². The van der Waals surface area contributed by atoms with Crippen LogP contribution in [0.25, 0.3) is 213 Å². The maximum Gasteiger partial charge on any atom is 0.0540 e. The fourth-order valence-electron chi connectivity index (χ4n) is 21.9. The standard InChI is InChI=1S/2C48H31NS.C42H27NS/c1-2-10-32(11-3-1)33-20-22-34(23-21-33)37-14-8-15-39(30-37)49(45-18-9-13-35-12-4-5-16-41(35)45)40-27-29-42-38(31-40)25-24-36-26-28-44-43-17-6-7-19-46(43)50-48(44)47(36)42;1-2-10-32(11-3-1)36-14-8-15-37(30-36)33-22-25-39(26-23-33)49(45-18-9-13-34-12-4-5-16-41(34)45)40-27-29-42-38(31-40)21-20-35-24-28-44-43-17-6-7-19-46(43)50-48(44)47(35)42;1-2-10-28(11-3-1)31-14-8-15-33(26-31)43(39-18-9-13-29-12-4-5-16-35(29)39)34-23-25-36-32(27-34)21-20-30-22-24-38-37-17-6-7-19-40(37)44-42(38)41(30)36/h2*1-31H;1-27H. The van der Waals surface area contributed by atoms with E-state index in [1.807, 2.05) is 34.0 Å². The topological polar surface area (TPSA) is 9.72 Å². The second kappa shape index (κ2) is 36.4. The van der Waals surface area contributed by atoms with Gasteiger partial charge in [0.1, 0.15) is 0 Å². The molecular weight excluding hydrogens is 1800 g/mol. The molecule has 29 rings (SSSR count).